The van der Waals surface area contributed by atoms with E-state index in [1.165, 1.54) is 0 Å². The molecule has 0 unspecified atom stereocenters. The maximum Gasteiger partial charge on any atom is 0.254 e. The van der Waals surface area contributed by atoms with Crippen LogP contribution in [-0.4, -0.2) is 16.8 Å². The van der Waals surface area contributed by atoms with E-state index in [2.05, 4.69) is 0 Å². The molecule has 0 atom stereocenters. The lowest BCUT2D eigenvalue weighted by Gasteiger charge is -2.22. The summed E-state index contributed by atoms with van der Waals surface area (Å²) in [6.07, 6.45) is 3.76. The Labute approximate surface area is 118 Å². The number of carbonyl (C=O) groups excluding carboxylic acids is 1. The van der Waals surface area contributed by atoms with E-state index < -0.39 is 0 Å². The first-order valence-electron chi connectivity index (χ1n) is 6.85. The van der Waals surface area contributed by atoms with Crippen LogP contribution in [0.15, 0.2) is 41.0 Å². The van der Waals surface area contributed by atoms with Crippen LogP contribution in [0.3, 0.4) is 0 Å². The van der Waals surface area contributed by atoms with Gasteiger partial charge < -0.3 is 15.1 Å². The Hall–Kier alpha value is -2.23. The topological polar surface area (TPSA) is 59.5 Å². The van der Waals surface area contributed by atoms with Crippen molar-refractivity contribution in [3.05, 3.63) is 53.5 Å². The molecule has 1 aromatic heterocycles. The zero-order chi connectivity index (χ0) is 14.1. The third-order valence-corrected chi connectivity index (χ3v) is 3.76. The predicted molar refractivity (Wildman–Crippen MR) is 77.2 cm³/mol. The van der Waals surface area contributed by atoms with Crippen LogP contribution in [0.2, 0.25) is 0 Å². The maximum absolute atomic E-state index is 12.8. The van der Waals surface area contributed by atoms with Crippen LogP contribution in [0.1, 0.15) is 34.5 Å². The number of furan rings is 1. The van der Waals surface area contributed by atoms with Gasteiger partial charge >= 0.3 is 0 Å². The third-order valence-electron chi connectivity index (χ3n) is 3.76. The number of benzene rings is 1. The summed E-state index contributed by atoms with van der Waals surface area (Å²) in [5, 5.41) is 0. The fourth-order valence-corrected chi connectivity index (χ4v) is 2.36. The molecule has 2 aromatic rings. The van der Waals surface area contributed by atoms with Crippen LogP contribution in [0.4, 0.5) is 5.69 Å². The second-order valence-corrected chi connectivity index (χ2v) is 5.26. The normalized spacial score (nSPS) is 14.2. The fraction of sp³-hybridized carbons (Fsp3) is 0.312. The molecule has 20 heavy (non-hydrogen) atoms. The first-order valence-corrected chi connectivity index (χ1v) is 6.85. The number of amides is 1. The van der Waals surface area contributed by atoms with Gasteiger partial charge in [0.25, 0.3) is 5.91 Å². The minimum Gasteiger partial charge on any atom is -0.467 e. The molecular formula is C16H18N2O2. The van der Waals surface area contributed by atoms with E-state index in [1.54, 1.807) is 6.26 Å². The zero-order valence-corrected chi connectivity index (χ0v) is 11.5. The van der Waals surface area contributed by atoms with Crippen molar-refractivity contribution in [3.63, 3.8) is 0 Å². The van der Waals surface area contributed by atoms with Crippen molar-refractivity contribution in [2.75, 3.05) is 5.73 Å². The SMILES string of the molecule is Cc1c(N)cccc1C(=O)N(Cc1ccco1)C1CC1. The van der Waals surface area contributed by atoms with Gasteiger partial charge in [-0.25, -0.2) is 0 Å². The highest BCUT2D eigenvalue weighted by Crippen LogP contribution is 2.31. The molecule has 0 radical (unpaired) electrons. The Morgan fingerprint density at radius 3 is 2.80 bits per heavy atom. The number of carbonyl (C=O) groups is 1. The molecule has 1 fully saturated rings. The monoisotopic (exact) mass is 270 g/mol. The smallest absolute Gasteiger partial charge is 0.254 e. The van der Waals surface area contributed by atoms with E-state index in [4.69, 9.17) is 10.2 Å². The van der Waals surface area contributed by atoms with E-state index in [0.717, 1.165) is 24.2 Å². The van der Waals surface area contributed by atoms with Gasteiger partial charge in [-0.1, -0.05) is 6.07 Å². The van der Waals surface area contributed by atoms with Crippen molar-refractivity contribution >= 4 is 11.6 Å². The summed E-state index contributed by atoms with van der Waals surface area (Å²) in [4.78, 5) is 14.6. The highest BCUT2D eigenvalue weighted by Gasteiger charge is 2.34. The number of hydrogen-bond acceptors (Lipinski definition) is 3. The van der Waals surface area contributed by atoms with Crippen molar-refractivity contribution in [3.8, 4) is 0 Å². The lowest BCUT2D eigenvalue weighted by molar-refractivity contribution is 0.0717. The number of nitrogen functional groups attached to an aromatic ring is 1. The summed E-state index contributed by atoms with van der Waals surface area (Å²) in [7, 11) is 0. The zero-order valence-electron chi connectivity index (χ0n) is 11.5. The van der Waals surface area contributed by atoms with Crippen LogP contribution >= 0.6 is 0 Å². The van der Waals surface area contributed by atoms with Gasteiger partial charge in [-0.2, -0.15) is 0 Å². The number of hydrogen-bond donors (Lipinski definition) is 1. The molecule has 2 N–H and O–H groups in total. The molecule has 104 valence electrons. The maximum atomic E-state index is 12.8. The lowest BCUT2D eigenvalue weighted by Crippen LogP contribution is -2.33. The lowest BCUT2D eigenvalue weighted by atomic mass is 10.1. The van der Waals surface area contributed by atoms with Gasteiger partial charge in [0, 0.05) is 17.3 Å². The first kappa shape index (κ1) is 12.8. The summed E-state index contributed by atoms with van der Waals surface area (Å²) in [5.74, 6) is 0.848. The van der Waals surface area contributed by atoms with Gasteiger partial charge in [-0.05, 0) is 49.6 Å². The van der Waals surface area contributed by atoms with E-state index in [1.807, 2.05) is 42.2 Å². The van der Waals surface area contributed by atoms with Gasteiger partial charge in [0.05, 0.1) is 12.8 Å². The highest BCUT2D eigenvalue weighted by molar-refractivity contribution is 5.97. The Kier molecular flexibility index (Phi) is 3.22. The van der Waals surface area contributed by atoms with E-state index >= 15 is 0 Å². The highest BCUT2D eigenvalue weighted by atomic mass is 16.3. The van der Waals surface area contributed by atoms with Crippen LogP contribution < -0.4 is 5.73 Å². The number of nitrogens with zero attached hydrogens (tertiary/aromatic N) is 1. The molecule has 1 heterocycles. The predicted octanol–water partition coefficient (Wildman–Crippen LogP) is 2.98. The molecule has 0 saturated heterocycles. The van der Waals surface area contributed by atoms with E-state index in [-0.39, 0.29) is 5.91 Å². The second kappa shape index (κ2) is 5.04. The molecule has 1 saturated carbocycles. The number of nitrogens with two attached hydrogens (primary N) is 1. The molecule has 1 aliphatic rings. The molecule has 1 amide bonds. The molecule has 0 aliphatic heterocycles. The van der Waals surface area contributed by atoms with Gasteiger partial charge in [0.1, 0.15) is 5.76 Å². The quantitative estimate of drug-likeness (QED) is 0.869. The molecule has 4 heteroatoms. The summed E-state index contributed by atoms with van der Waals surface area (Å²) < 4.78 is 5.36. The summed E-state index contributed by atoms with van der Waals surface area (Å²) >= 11 is 0. The Bertz CT molecular complexity index is 615. The van der Waals surface area contributed by atoms with Crippen molar-refractivity contribution in [1.29, 1.82) is 0 Å². The van der Waals surface area contributed by atoms with Crippen LogP contribution in [-0.2, 0) is 6.54 Å². The van der Waals surface area contributed by atoms with Crippen LogP contribution in [0.25, 0.3) is 0 Å². The van der Waals surface area contributed by atoms with Crippen molar-refractivity contribution in [2.24, 2.45) is 0 Å². The third kappa shape index (κ3) is 2.41. The van der Waals surface area contributed by atoms with E-state index in [9.17, 15) is 4.79 Å². The number of anilines is 1. The Balaban J connectivity index is 1.87. The largest absolute Gasteiger partial charge is 0.467 e. The molecule has 0 bridgehead atoms. The summed E-state index contributed by atoms with van der Waals surface area (Å²) in [6, 6.07) is 9.55. The average molecular weight is 270 g/mol. The fourth-order valence-electron chi connectivity index (χ4n) is 2.36. The van der Waals surface area contributed by atoms with Crippen molar-refractivity contribution in [1.82, 2.24) is 4.90 Å². The van der Waals surface area contributed by atoms with Crippen molar-refractivity contribution in [2.45, 2.75) is 32.4 Å². The molecule has 1 aromatic carbocycles. The average Bonchev–Trinajstić information content (AvgIpc) is 3.15. The molecule has 3 rings (SSSR count). The van der Waals surface area contributed by atoms with Gasteiger partial charge in [0.15, 0.2) is 0 Å². The molecular weight excluding hydrogens is 252 g/mol. The summed E-state index contributed by atoms with van der Waals surface area (Å²) in [5.41, 5.74) is 8.09. The Morgan fingerprint density at radius 1 is 1.35 bits per heavy atom. The van der Waals surface area contributed by atoms with Gasteiger partial charge in [0.2, 0.25) is 0 Å². The standard InChI is InChI=1S/C16H18N2O2/c1-11-14(5-2-6-15(11)17)16(19)18(12-7-8-12)10-13-4-3-9-20-13/h2-6,9,12H,7-8,10,17H2,1H3. The minimum atomic E-state index is 0.0358. The first-order chi connectivity index (χ1) is 9.66. The van der Waals surface area contributed by atoms with Gasteiger partial charge in [-0.3, -0.25) is 4.79 Å². The van der Waals surface area contributed by atoms with Crippen LogP contribution in [0.5, 0.6) is 0 Å². The molecule has 1 aliphatic carbocycles. The number of rotatable bonds is 4. The molecule has 0 spiro atoms. The summed E-state index contributed by atoms with van der Waals surface area (Å²) in [6.45, 7) is 2.41. The Morgan fingerprint density at radius 2 is 2.15 bits per heavy atom. The van der Waals surface area contributed by atoms with Crippen LogP contribution in [0, 0.1) is 6.92 Å². The van der Waals surface area contributed by atoms with E-state index in [0.29, 0.717) is 23.8 Å². The second-order valence-electron chi connectivity index (χ2n) is 5.26. The minimum absolute atomic E-state index is 0.0358. The van der Waals surface area contributed by atoms with Gasteiger partial charge in [-0.15, -0.1) is 0 Å². The van der Waals surface area contributed by atoms with Crippen molar-refractivity contribution < 1.29 is 9.21 Å². The molecule has 4 nitrogen and oxygen atoms in total.